The maximum atomic E-state index is 5.58. The van der Waals surface area contributed by atoms with E-state index in [1.807, 2.05) is 0 Å². The minimum Gasteiger partial charge on any atom is -0.497 e. The first-order valence-corrected chi connectivity index (χ1v) is 9.48. The van der Waals surface area contributed by atoms with Gasteiger partial charge in [-0.3, -0.25) is 0 Å². The molecule has 2 nitrogen and oxygen atoms in total. The van der Waals surface area contributed by atoms with E-state index in [0.717, 1.165) is 29.5 Å². The van der Waals surface area contributed by atoms with Crippen molar-refractivity contribution >= 4 is 0 Å². The van der Waals surface area contributed by atoms with Gasteiger partial charge < -0.3 is 9.64 Å². The first-order valence-electron chi connectivity index (χ1n) is 9.48. The monoisotopic (exact) mass is 313 g/mol. The van der Waals surface area contributed by atoms with Crippen molar-refractivity contribution < 1.29 is 4.74 Å². The van der Waals surface area contributed by atoms with Crippen LogP contribution in [-0.4, -0.2) is 31.6 Å². The van der Waals surface area contributed by atoms with Gasteiger partial charge in [0.15, 0.2) is 0 Å². The smallest absolute Gasteiger partial charge is 0.119 e. The number of methoxy groups -OCH3 is 1. The number of hydrogen-bond donors (Lipinski definition) is 0. The fraction of sp³-hybridized carbons (Fsp3) is 0.714. The molecule has 0 amide bonds. The highest BCUT2D eigenvalue weighted by Gasteiger charge is 2.57. The highest BCUT2D eigenvalue weighted by molar-refractivity contribution is 5.46. The lowest BCUT2D eigenvalue weighted by atomic mass is 9.47. The third-order valence-electron chi connectivity index (χ3n) is 7.52. The van der Waals surface area contributed by atoms with Crippen molar-refractivity contribution in [1.82, 2.24) is 4.90 Å². The van der Waals surface area contributed by atoms with Gasteiger partial charge in [0.2, 0.25) is 0 Å². The molecule has 0 aromatic heterocycles. The fourth-order valence-electron chi connectivity index (χ4n) is 6.33. The van der Waals surface area contributed by atoms with Crippen LogP contribution in [0.1, 0.15) is 50.7 Å². The zero-order valence-electron chi connectivity index (χ0n) is 15.1. The standard InChI is InChI=1S/C21H31NO/c1-5-17-14(2)8-9-21-10-11-22(3)19(20(17)21)12-15-6-7-16(23-4)13-18(15)21/h6-7,13-14,17,19-20H,5,8-12H2,1-4H3/t14?,17-,19+,20?,21-/m0/s1. The van der Waals surface area contributed by atoms with E-state index in [1.54, 1.807) is 18.2 Å². The highest BCUT2D eigenvalue weighted by Crippen LogP contribution is 2.59. The molecule has 1 saturated heterocycles. The minimum atomic E-state index is 0.409. The number of benzene rings is 1. The molecule has 0 N–H and O–H groups in total. The average molecular weight is 313 g/mol. The second kappa shape index (κ2) is 5.51. The summed E-state index contributed by atoms with van der Waals surface area (Å²) in [7, 11) is 4.16. The van der Waals surface area contributed by atoms with Crippen LogP contribution in [0.25, 0.3) is 0 Å². The molecule has 0 spiro atoms. The van der Waals surface area contributed by atoms with Gasteiger partial charge in [0.05, 0.1) is 7.11 Å². The summed E-state index contributed by atoms with van der Waals surface area (Å²) < 4.78 is 5.58. The molecule has 2 bridgehead atoms. The van der Waals surface area contributed by atoms with Crippen molar-refractivity contribution in [1.29, 1.82) is 0 Å². The largest absolute Gasteiger partial charge is 0.497 e. The molecule has 4 rings (SSSR count). The first kappa shape index (κ1) is 15.5. The van der Waals surface area contributed by atoms with Crippen molar-refractivity contribution in [2.45, 2.75) is 57.4 Å². The Balaban J connectivity index is 1.88. The molecule has 1 aromatic rings. The Morgan fingerprint density at radius 1 is 1.30 bits per heavy atom. The fourth-order valence-corrected chi connectivity index (χ4v) is 6.33. The Morgan fingerprint density at radius 2 is 2.13 bits per heavy atom. The Hall–Kier alpha value is -1.02. The van der Waals surface area contributed by atoms with Crippen LogP contribution in [0.4, 0.5) is 0 Å². The van der Waals surface area contributed by atoms with Gasteiger partial charge in [0.25, 0.3) is 0 Å². The molecule has 0 radical (unpaired) electrons. The normalized spacial score (nSPS) is 39.5. The van der Waals surface area contributed by atoms with Gasteiger partial charge in [-0.1, -0.05) is 26.3 Å². The SMILES string of the molecule is CC[C@H]1C(C)CC[C@]23CCN(C)[C@H](Cc4ccc(OC)cc42)C13. The van der Waals surface area contributed by atoms with Gasteiger partial charge in [0.1, 0.15) is 5.75 Å². The number of hydrogen-bond acceptors (Lipinski definition) is 2. The van der Waals surface area contributed by atoms with Gasteiger partial charge in [-0.15, -0.1) is 0 Å². The molecule has 126 valence electrons. The van der Waals surface area contributed by atoms with E-state index in [9.17, 15) is 0 Å². The van der Waals surface area contributed by atoms with Crippen LogP contribution in [0.3, 0.4) is 0 Å². The summed E-state index contributed by atoms with van der Waals surface area (Å²) in [6, 6.07) is 7.62. The maximum Gasteiger partial charge on any atom is 0.119 e. The Labute approximate surface area is 141 Å². The molecule has 3 aliphatic rings. The van der Waals surface area contributed by atoms with E-state index < -0.39 is 0 Å². The lowest BCUT2D eigenvalue weighted by Gasteiger charge is -2.62. The van der Waals surface area contributed by atoms with Gasteiger partial charge in [-0.25, -0.2) is 0 Å². The second-order valence-corrected chi connectivity index (χ2v) is 8.30. The highest BCUT2D eigenvalue weighted by atomic mass is 16.5. The van der Waals surface area contributed by atoms with Crippen molar-refractivity contribution in [3.05, 3.63) is 29.3 Å². The van der Waals surface area contributed by atoms with Crippen LogP contribution in [0.15, 0.2) is 18.2 Å². The van der Waals surface area contributed by atoms with E-state index in [2.05, 4.69) is 44.0 Å². The van der Waals surface area contributed by atoms with Crippen LogP contribution < -0.4 is 4.74 Å². The number of likely N-dealkylation sites (N-methyl/N-ethyl adjacent to an activating group) is 1. The molecular formula is C21H31NO. The predicted molar refractivity (Wildman–Crippen MR) is 95.1 cm³/mol. The summed E-state index contributed by atoms with van der Waals surface area (Å²) in [5, 5.41) is 0. The lowest BCUT2D eigenvalue weighted by Crippen LogP contribution is -2.63. The van der Waals surface area contributed by atoms with E-state index in [-0.39, 0.29) is 0 Å². The van der Waals surface area contributed by atoms with Gasteiger partial charge in [0, 0.05) is 11.5 Å². The van der Waals surface area contributed by atoms with Crippen LogP contribution in [0, 0.1) is 17.8 Å². The van der Waals surface area contributed by atoms with Crippen LogP contribution >= 0.6 is 0 Å². The zero-order valence-corrected chi connectivity index (χ0v) is 15.1. The van der Waals surface area contributed by atoms with E-state index >= 15 is 0 Å². The Kier molecular flexibility index (Phi) is 3.72. The summed E-state index contributed by atoms with van der Waals surface area (Å²) in [5.41, 5.74) is 3.63. The molecule has 1 aliphatic heterocycles. The van der Waals surface area contributed by atoms with E-state index in [4.69, 9.17) is 4.74 Å². The predicted octanol–water partition coefficient (Wildman–Crippen LogP) is 4.27. The lowest BCUT2D eigenvalue weighted by molar-refractivity contribution is -0.0538. The Bertz CT molecular complexity index is 594. The summed E-state index contributed by atoms with van der Waals surface area (Å²) in [4.78, 5) is 2.66. The van der Waals surface area contributed by atoms with Crippen molar-refractivity contribution in [2.75, 3.05) is 20.7 Å². The molecular weight excluding hydrogens is 282 g/mol. The van der Waals surface area contributed by atoms with Crippen molar-refractivity contribution in [3.8, 4) is 5.75 Å². The maximum absolute atomic E-state index is 5.58. The summed E-state index contributed by atoms with van der Waals surface area (Å²) >= 11 is 0. The summed E-state index contributed by atoms with van der Waals surface area (Å²) in [6.07, 6.45) is 6.65. The number of piperidine rings is 1. The first-order chi connectivity index (χ1) is 11.1. The van der Waals surface area contributed by atoms with Gasteiger partial charge in [-0.2, -0.15) is 0 Å². The number of nitrogens with zero attached hydrogens (tertiary/aromatic N) is 1. The van der Waals surface area contributed by atoms with Crippen LogP contribution in [0.5, 0.6) is 5.75 Å². The molecule has 2 aliphatic carbocycles. The number of likely N-dealkylation sites (tertiary alicyclic amines) is 1. The van der Waals surface area contributed by atoms with E-state index in [0.29, 0.717) is 5.41 Å². The summed E-state index contributed by atoms with van der Waals surface area (Å²) in [6.45, 7) is 6.16. The molecule has 23 heavy (non-hydrogen) atoms. The quantitative estimate of drug-likeness (QED) is 0.808. The molecule has 1 saturated carbocycles. The molecule has 2 unspecified atom stereocenters. The Morgan fingerprint density at radius 3 is 2.87 bits per heavy atom. The third-order valence-corrected chi connectivity index (χ3v) is 7.52. The number of ether oxygens (including phenoxy) is 1. The molecule has 5 atom stereocenters. The van der Waals surface area contributed by atoms with Crippen molar-refractivity contribution in [3.63, 3.8) is 0 Å². The van der Waals surface area contributed by atoms with Crippen molar-refractivity contribution in [2.24, 2.45) is 17.8 Å². The number of fused-ring (bicyclic) bond motifs is 1. The van der Waals surface area contributed by atoms with E-state index in [1.165, 1.54) is 38.6 Å². The van der Waals surface area contributed by atoms with Crippen LogP contribution in [-0.2, 0) is 11.8 Å². The molecule has 2 heteroatoms. The topological polar surface area (TPSA) is 12.5 Å². The van der Waals surface area contributed by atoms with Gasteiger partial charge in [-0.05, 0) is 80.3 Å². The number of rotatable bonds is 2. The molecule has 2 fully saturated rings. The van der Waals surface area contributed by atoms with Gasteiger partial charge >= 0.3 is 0 Å². The third kappa shape index (κ3) is 2.10. The second-order valence-electron chi connectivity index (χ2n) is 8.30. The zero-order chi connectivity index (χ0) is 16.2. The molecule has 1 heterocycles. The summed E-state index contributed by atoms with van der Waals surface area (Å²) in [5.74, 6) is 3.62. The minimum absolute atomic E-state index is 0.409. The van der Waals surface area contributed by atoms with Crippen LogP contribution in [0.2, 0.25) is 0 Å². The molecule has 1 aromatic carbocycles. The average Bonchev–Trinajstić information content (AvgIpc) is 2.58.